The third-order valence-corrected chi connectivity index (χ3v) is 2.92. The minimum atomic E-state index is 0.434. The summed E-state index contributed by atoms with van der Waals surface area (Å²) in [6.07, 6.45) is 0.985. The van der Waals surface area contributed by atoms with Gasteiger partial charge < -0.3 is 5.32 Å². The van der Waals surface area contributed by atoms with Crippen molar-refractivity contribution in [3.63, 3.8) is 0 Å². The van der Waals surface area contributed by atoms with Crippen LogP contribution in [0, 0.1) is 11.3 Å². The standard InChI is InChI=1S/C12H16N2S/c1-2-15-12-5-3-11(4-6-12)7-9-14-10-8-13/h3-6,14H,2,7,9-10H2,1H3. The van der Waals surface area contributed by atoms with Crippen molar-refractivity contribution in [2.75, 3.05) is 18.8 Å². The first-order chi connectivity index (χ1) is 7.36. The number of nitrogens with one attached hydrogen (secondary N) is 1. The molecule has 0 bridgehead atoms. The van der Waals surface area contributed by atoms with Crippen LogP contribution in [0.1, 0.15) is 12.5 Å². The van der Waals surface area contributed by atoms with Crippen LogP contribution in [0.15, 0.2) is 29.2 Å². The van der Waals surface area contributed by atoms with E-state index in [0.717, 1.165) is 18.7 Å². The van der Waals surface area contributed by atoms with Crippen LogP contribution in [0.3, 0.4) is 0 Å². The molecule has 0 aliphatic heterocycles. The molecule has 0 unspecified atom stereocenters. The number of benzene rings is 1. The predicted octanol–water partition coefficient (Wildman–Crippen LogP) is 2.45. The average Bonchev–Trinajstić information content (AvgIpc) is 2.27. The molecule has 0 aromatic heterocycles. The van der Waals surface area contributed by atoms with E-state index in [1.807, 2.05) is 11.8 Å². The Labute approximate surface area is 95.7 Å². The first-order valence-corrected chi connectivity index (χ1v) is 6.14. The third-order valence-electron chi connectivity index (χ3n) is 2.03. The lowest BCUT2D eigenvalue weighted by atomic mass is 10.1. The molecule has 0 spiro atoms. The molecule has 0 radical (unpaired) electrons. The predicted molar refractivity (Wildman–Crippen MR) is 65.0 cm³/mol. The Morgan fingerprint density at radius 1 is 1.33 bits per heavy atom. The van der Waals surface area contributed by atoms with Crippen LogP contribution in [0.5, 0.6) is 0 Å². The smallest absolute Gasteiger partial charge is 0.0841 e. The van der Waals surface area contributed by atoms with E-state index in [1.54, 1.807) is 0 Å². The molecule has 15 heavy (non-hydrogen) atoms. The Morgan fingerprint density at radius 2 is 2.07 bits per heavy atom. The van der Waals surface area contributed by atoms with E-state index < -0.39 is 0 Å². The Morgan fingerprint density at radius 3 is 2.67 bits per heavy atom. The van der Waals surface area contributed by atoms with Crippen LogP contribution in [0.4, 0.5) is 0 Å². The number of thioether (sulfide) groups is 1. The minimum Gasteiger partial charge on any atom is -0.304 e. The van der Waals surface area contributed by atoms with Gasteiger partial charge >= 0.3 is 0 Å². The van der Waals surface area contributed by atoms with Crippen molar-refractivity contribution in [1.82, 2.24) is 5.32 Å². The van der Waals surface area contributed by atoms with E-state index in [-0.39, 0.29) is 0 Å². The lowest BCUT2D eigenvalue weighted by Crippen LogP contribution is -2.17. The summed E-state index contributed by atoms with van der Waals surface area (Å²) in [6, 6.07) is 10.7. The molecule has 0 aliphatic rings. The zero-order valence-electron chi connectivity index (χ0n) is 8.99. The lowest BCUT2D eigenvalue weighted by molar-refractivity contribution is 0.749. The Hall–Kier alpha value is -0.980. The van der Waals surface area contributed by atoms with Crippen molar-refractivity contribution >= 4 is 11.8 Å². The summed E-state index contributed by atoms with van der Waals surface area (Å²) in [5, 5.41) is 11.4. The van der Waals surface area contributed by atoms with E-state index in [2.05, 4.69) is 42.6 Å². The average molecular weight is 220 g/mol. The molecule has 1 aromatic rings. The third kappa shape index (κ3) is 4.87. The molecule has 0 heterocycles. The monoisotopic (exact) mass is 220 g/mol. The van der Waals surface area contributed by atoms with Gasteiger partial charge in [0.15, 0.2) is 0 Å². The fraction of sp³-hybridized carbons (Fsp3) is 0.417. The summed E-state index contributed by atoms with van der Waals surface area (Å²) < 4.78 is 0. The molecule has 0 atom stereocenters. The second kappa shape index (κ2) is 7.33. The molecule has 0 saturated heterocycles. The number of nitriles is 1. The summed E-state index contributed by atoms with van der Waals surface area (Å²) in [7, 11) is 0. The fourth-order valence-corrected chi connectivity index (χ4v) is 1.96. The van der Waals surface area contributed by atoms with Gasteiger partial charge in [0.05, 0.1) is 12.6 Å². The number of rotatable bonds is 6. The van der Waals surface area contributed by atoms with Gasteiger partial charge in [-0.15, -0.1) is 11.8 Å². The highest BCUT2D eigenvalue weighted by Gasteiger charge is 1.94. The molecule has 2 nitrogen and oxygen atoms in total. The number of nitrogens with zero attached hydrogens (tertiary/aromatic N) is 1. The Kier molecular flexibility index (Phi) is 5.91. The molecule has 80 valence electrons. The summed E-state index contributed by atoms with van der Waals surface area (Å²) in [6.45, 7) is 3.46. The van der Waals surface area contributed by atoms with Gasteiger partial charge in [-0.1, -0.05) is 19.1 Å². The highest BCUT2D eigenvalue weighted by Crippen LogP contribution is 2.17. The largest absolute Gasteiger partial charge is 0.304 e. The first-order valence-electron chi connectivity index (χ1n) is 5.16. The van der Waals surface area contributed by atoms with Crippen molar-refractivity contribution in [2.45, 2.75) is 18.2 Å². The van der Waals surface area contributed by atoms with Crippen LogP contribution >= 0.6 is 11.8 Å². The fourth-order valence-electron chi connectivity index (χ4n) is 1.30. The Balaban J connectivity index is 2.33. The van der Waals surface area contributed by atoms with Gasteiger partial charge in [0.2, 0.25) is 0 Å². The quantitative estimate of drug-likeness (QED) is 0.454. The van der Waals surface area contributed by atoms with Crippen molar-refractivity contribution < 1.29 is 0 Å². The first kappa shape index (κ1) is 12.1. The maximum atomic E-state index is 8.34. The van der Waals surface area contributed by atoms with Crippen molar-refractivity contribution in [3.8, 4) is 6.07 Å². The summed E-state index contributed by atoms with van der Waals surface area (Å²) in [5.41, 5.74) is 1.32. The van der Waals surface area contributed by atoms with Gasteiger partial charge in [-0.25, -0.2) is 0 Å². The maximum absolute atomic E-state index is 8.34. The normalized spacial score (nSPS) is 9.87. The molecule has 3 heteroatoms. The van der Waals surface area contributed by atoms with Gasteiger partial charge in [0.1, 0.15) is 0 Å². The van der Waals surface area contributed by atoms with Crippen LogP contribution in [0.25, 0.3) is 0 Å². The molecule has 1 aromatic carbocycles. The van der Waals surface area contributed by atoms with Gasteiger partial charge in [0.25, 0.3) is 0 Å². The molecule has 1 N–H and O–H groups in total. The van der Waals surface area contributed by atoms with Crippen LogP contribution in [-0.2, 0) is 6.42 Å². The highest BCUT2D eigenvalue weighted by molar-refractivity contribution is 7.99. The van der Waals surface area contributed by atoms with Crippen LogP contribution < -0.4 is 5.32 Å². The number of hydrogen-bond acceptors (Lipinski definition) is 3. The van der Waals surface area contributed by atoms with Crippen molar-refractivity contribution in [3.05, 3.63) is 29.8 Å². The van der Waals surface area contributed by atoms with E-state index in [4.69, 9.17) is 5.26 Å². The highest BCUT2D eigenvalue weighted by atomic mass is 32.2. The molecule has 0 saturated carbocycles. The second-order valence-corrected chi connectivity index (χ2v) is 4.50. The zero-order chi connectivity index (χ0) is 10.9. The van der Waals surface area contributed by atoms with Gasteiger partial charge in [-0.2, -0.15) is 5.26 Å². The van der Waals surface area contributed by atoms with E-state index >= 15 is 0 Å². The van der Waals surface area contributed by atoms with Gasteiger partial charge in [0, 0.05) is 11.4 Å². The molecule has 0 fully saturated rings. The SMILES string of the molecule is CCSc1ccc(CCNCC#N)cc1. The van der Waals surface area contributed by atoms with Crippen molar-refractivity contribution in [2.24, 2.45) is 0 Å². The topological polar surface area (TPSA) is 35.8 Å². The van der Waals surface area contributed by atoms with Crippen molar-refractivity contribution in [1.29, 1.82) is 5.26 Å². The van der Waals surface area contributed by atoms with E-state index in [9.17, 15) is 0 Å². The van der Waals surface area contributed by atoms with Gasteiger partial charge in [-0.05, 0) is 29.9 Å². The molecule has 0 aliphatic carbocycles. The van der Waals surface area contributed by atoms with Gasteiger partial charge in [-0.3, -0.25) is 0 Å². The number of hydrogen-bond donors (Lipinski definition) is 1. The lowest BCUT2D eigenvalue weighted by Gasteiger charge is -2.03. The van der Waals surface area contributed by atoms with E-state index in [0.29, 0.717) is 6.54 Å². The Bertz CT molecular complexity index is 313. The molecular formula is C12H16N2S. The summed E-state index contributed by atoms with van der Waals surface area (Å²) >= 11 is 1.86. The second-order valence-electron chi connectivity index (χ2n) is 3.16. The minimum absolute atomic E-state index is 0.434. The molecule has 1 rings (SSSR count). The molecular weight excluding hydrogens is 204 g/mol. The zero-order valence-corrected chi connectivity index (χ0v) is 9.81. The summed E-state index contributed by atoms with van der Waals surface area (Å²) in [5.74, 6) is 1.11. The van der Waals surface area contributed by atoms with E-state index in [1.165, 1.54) is 10.5 Å². The molecule has 0 amide bonds. The maximum Gasteiger partial charge on any atom is 0.0841 e. The van der Waals surface area contributed by atoms with Crippen LogP contribution in [-0.4, -0.2) is 18.8 Å². The summed E-state index contributed by atoms with van der Waals surface area (Å²) in [4.78, 5) is 1.33. The van der Waals surface area contributed by atoms with Crippen LogP contribution in [0.2, 0.25) is 0 Å².